The largest absolute Gasteiger partial charge is 0.299 e. The molecule has 0 amide bonds. The standard InChI is InChI=1S/C19H26N2O2S2/c1-4-5-6-7-11-21-18(23)16-14-9-8-10-15(14)25-17(16)20-19(21)24-13(3)12(2)22/h13H,4-11H2,1-3H3. The molecule has 2 heterocycles. The van der Waals surface area contributed by atoms with Gasteiger partial charge in [0.15, 0.2) is 5.16 Å². The molecule has 0 N–H and O–H groups in total. The summed E-state index contributed by atoms with van der Waals surface area (Å²) < 4.78 is 1.83. The van der Waals surface area contributed by atoms with E-state index in [0.29, 0.717) is 11.7 Å². The highest BCUT2D eigenvalue weighted by molar-refractivity contribution is 8.00. The molecule has 0 aliphatic heterocycles. The molecule has 0 spiro atoms. The number of aryl methyl sites for hydroxylation is 2. The van der Waals surface area contributed by atoms with Gasteiger partial charge in [-0.1, -0.05) is 37.9 Å². The number of carbonyl (C=O) groups excluding carboxylic acids is 1. The number of unbranched alkanes of at least 4 members (excludes halogenated alkanes) is 3. The fourth-order valence-electron chi connectivity index (χ4n) is 3.28. The van der Waals surface area contributed by atoms with E-state index < -0.39 is 0 Å². The molecule has 1 unspecified atom stereocenters. The lowest BCUT2D eigenvalue weighted by Gasteiger charge is -2.14. The molecule has 25 heavy (non-hydrogen) atoms. The van der Waals surface area contributed by atoms with Gasteiger partial charge in [0.2, 0.25) is 0 Å². The van der Waals surface area contributed by atoms with Gasteiger partial charge in [0.25, 0.3) is 5.56 Å². The second-order valence-electron chi connectivity index (χ2n) is 6.82. The summed E-state index contributed by atoms with van der Waals surface area (Å²) >= 11 is 3.09. The molecule has 0 fully saturated rings. The first-order valence-electron chi connectivity index (χ1n) is 9.25. The van der Waals surface area contributed by atoms with Crippen molar-refractivity contribution in [3.05, 3.63) is 20.8 Å². The Hall–Kier alpha value is -1.14. The molecule has 0 bridgehead atoms. The van der Waals surface area contributed by atoms with Crippen LogP contribution >= 0.6 is 23.1 Å². The topological polar surface area (TPSA) is 52.0 Å². The maximum absolute atomic E-state index is 13.2. The Labute approximate surface area is 157 Å². The van der Waals surface area contributed by atoms with E-state index in [-0.39, 0.29) is 16.6 Å². The molecule has 2 aromatic heterocycles. The molecule has 3 rings (SSSR count). The van der Waals surface area contributed by atoms with Gasteiger partial charge in [0.1, 0.15) is 10.6 Å². The average molecular weight is 379 g/mol. The fraction of sp³-hybridized carbons (Fsp3) is 0.632. The van der Waals surface area contributed by atoms with Crippen molar-refractivity contribution in [3.8, 4) is 0 Å². The van der Waals surface area contributed by atoms with Gasteiger partial charge in [-0.3, -0.25) is 14.2 Å². The molecule has 0 saturated heterocycles. The van der Waals surface area contributed by atoms with Gasteiger partial charge >= 0.3 is 0 Å². The zero-order chi connectivity index (χ0) is 18.0. The summed E-state index contributed by atoms with van der Waals surface area (Å²) in [5, 5.41) is 1.36. The van der Waals surface area contributed by atoms with Gasteiger partial charge in [-0.05, 0) is 45.1 Å². The SMILES string of the molecule is CCCCCCn1c(SC(C)C(C)=O)nc2sc3c(c2c1=O)CCC3. The zero-order valence-corrected chi connectivity index (χ0v) is 16.9. The molecular weight excluding hydrogens is 352 g/mol. The number of Topliss-reactive ketones (excluding diaryl/α,β-unsaturated/α-hetero) is 1. The number of ketones is 1. The summed E-state index contributed by atoms with van der Waals surface area (Å²) in [5.74, 6) is 0.116. The lowest BCUT2D eigenvalue weighted by atomic mass is 10.2. The van der Waals surface area contributed by atoms with Crippen LogP contribution in [-0.2, 0) is 24.2 Å². The first-order valence-corrected chi connectivity index (χ1v) is 10.9. The Kier molecular flexibility index (Phi) is 6.00. The lowest BCUT2D eigenvalue weighted by molar-refractivity contribution is -0.116. The number of carbonyl (C=O) groups is 1. The Morgan fingerprint density at radius 3 is 2.84 bits per heavy atom. The van der Waals surface area contributed by atoms with Crippen LogP contribution in [0, 0.1) is 0 Å². The molecule has 0 radical (unpaired) electrons. The van der Waals surface area contributed by atoms with Crippen molar-refractivity contribution in [1.82, 2.24) is 9.55 Å². The monoisotopic (exact) mass is 378 g/mol. The van der Waals surface area contributed by atoms with Crippen molar-refractivity contribution in [2.45, 2.75) is 82.7 Å². The number of fused-ring (bicyclic) bond motifs is 3. The van der Waals surface area contributed by atoms with E-state index in [4.69, 9.17) is 4.98 Å². The number of thioether (sulfide) groups is 1. The minimum atomic E-state index is -0.182. The molecule has 0 aromatic carbocycles. The van der Waals surface area contributed by atoms with E-state index in [9.17, 15) is 9.59 Å². The highest BCUT2D eigenvalue weighted by Gasteiger charge is 2.24. The Bertz CT molecular complexity index is 838. The van der Waals surface area contributed by atoms with Crippen LogP contribution in [0.15, 0.2) is 9.95 Å². The predicted octanol–water partition coefficient (Wildman–Crippen LogP) is 4.60. The molecule has 6 heteroatoms. The van der Waals surface area contributed by atoms with Gasteiger partial charge in [0, 0.05) is 11.4 Å². The van der Waals surface area contributed by atoms with Crippen molar-refractivity contribution in [2.75, 3.05) is 0 Å². The summed E-state index contributed by atoms with van der Waals surface area (Å²) in [7, 11) is 0. The summed E-state index contributed by atoms with van der Waals surface area (Å²) in [6, 6.07) is 0. The van der Waals surface area contributed by atoms with Gasteiger partial charge < -0.3 is 0 Å². The van der Waals surface area contributed by atoms with E-state index in [1.54, 1.807) is 18.3 Å². The van der Waals surface area contributed by atoms with E-state index in [0.717, 1.165) is 42.3 Å². The van der Waals surface area contributed by atoms with Gasteiger partial charge in [-0.2, -0.15) is 0 Å². The highest BCUT2D eigenvalue weighted by atomic mass is 32.2. The van der Waals surface area contributed by atoms with Crippen molar-refractivity contribution < 1.29 is 4.79 Å². The predicted molar refractivity (Wildman–Crippen MR) is 106 cm³/mol. The lowest BCUT2D eigenvalue weighted by Crippen LogP contribution is -2.25. The van der Waals surface area contributed by atoms with Crippen LogP contribution in [-0.4, -0.2) is 20.6 Å². The zero-order valence-electron chi connectivity index (χ0n) is 15.3. The first-order chi connectivity index (χ1) is 12.0. The average Bonchev–Trinajstić information content (AvgIpc) is 3.14. The smallest absolute Gasteiger partial charge is 0.263 e. The number of thiophene rings is 1. The Balaban J connectivity index is 2.02. The maximum atomic E-state index is 13.2. The van der Waals surface area contributed by atoms with Crippen molar-refractivity contribution >= 4 is 39.1 Å². The quantitative estimate of drug-likeness (QED) is 0.383. The van der Waals surface area contributed by atoms with E-state index in [2.05, 4.69) is 6.92 Å². The van der Waals surface area contributed by atoms with Crippen molar-refractivity contribution in [1.29, 1.82) is 0 Å². The molecule has 1 atom stereocenters. The second kappa shape index (κ2) is 8.04. The van der Waals surface area contributed by atoms with Crippen molar-refractivity contribution in [3.63, 3.8) is 0 Å². The van der Waals surface area contributed by atoms with Crippen LogP contribution in [0.2, 0.25) is 0 Å². The summed E-state index contributed by atoms with van der Waals surface area (Å²) in [6.07, 6.45) is 7.67. The molecular formula is C19H26N2O2S2. The van der Waals surface area contributed by atoms with E-state index in [1.165, 1.54) is 35.0 Å². The Morgan fingerprint density at radius 1 is 1.32 bits per heavy atom. The third-order valence-electron chi connectivity index (χ3n) is 4.88. The van der Waals surface area contributed by atoms with Gasteiger partial charge in [0.05, 0.1) is 10.6 Å². The van der Waals surface area contributed by atoms with Crippen LogP contribution < -0.4 is 5.56 Å². The van der Waals surface area contributed by atoms with Crippen LogP contribution in [0.3, 0.4) is 0 Å². The molecule has 1 aliphatic carbocycles. The van der Waals surface area contributed by atoms with Crippen LogP contribution in [0.5, 0.6) is 0 Å². The molecule has 0 saturated carbocycles. The molecule has 2 aromatic rings. The minimum absolute atomic E-state index is 0.0964. The van der Waals surface area contributed by atoms with Gasteiger partial charge in [-0.25, -0.2) is 4.98 Å². The molecule has 1 aliphatic rings. The highest BCUT2D eigenvalue weighted by Crippen LogP contribution is 2.36. The molecule has 136 valence electrons. The Morgan fingerprint density at radius 2 is 2.12 bits per heavy atom. The number of hydrogen-bond acceptors (Lipinski definition) is 5. The third kappa shape index (κ3) is 3.85. The fourth-order valence-corrected chi connectivity index (χ4v) is 5.52. The first kappa shape index (κ1) is 18.6. The van der Waals surface area contributed by atoms with E-state index in [1.807, 2.05) is 11.5 Å². The number of hydrogen-bond donors (Lipinski definition) is 0. The summed E-state index contributed by atoms with van der Waals surface area (Å²) in [4.78, 5) is 31.9. The van der Waals surface area contributed by atoms with Crippen molar-refractivity contribution in [2.24, 2.45) is 0 Å². The van der Waals surface area contributed by atoms with Crippen LogP contribution in [0.1, 0.15) is 63.3 Å². The maximum Gasteiger partial charge on any atom is 0.263 e. The van der Waals surface area contributed by atoms with Gasteiger partial charge in [-0.15, -0.1) is 11.3 Å². The van der Waals surface area contributed by atoms with Crippen LogP contribution in [0.25, 0.3) is 10.2 Å². The second-order valence-corrected chi connectivity index (χ2v) is 9.21. The number of aromatic nitrogens is 2. The summed E-state index contributed by atoms with van der Waals surface area (Å²) in [5.41, 5.74) is 1.33. The summed E-state index contributed by atoms with van der Waals surface area (Å²) in [6.45, 7) is 6.36. The minimum Gasteiger partial charge on any atom is -0.299 e. The van der Waals surface area contributed by atoms with E-state index >= 15 is 0 Å². The number of nitrogens with zero attached hydrogens (tertiary/aromatic N) is 2. The van der Waals surface area contributed by atoms with Crippen LogP contribution in [0.4, 0.5) is 0 Å². The third-order valence-corrected chi connectivity index (χ3v) is 7.27. The normalized spacial score (nSPS) is 14.8. The molecule has 4 nitrogen and oxygen atoms in total. The number of rotatable bonds is 8.